The number of carbonyl (C=O) groups is 1. The lowest BCUT2D eigenvalue weighted by atomic mass is 10.1. The lowest BCUT2D eigenvalue weighted by Gasteiger charge is -2.08. The zero-order chi connectivity index (χ0) is 14.8. The molecule has 1 amide bonds. The molecule has 7 heteroatoms. The minimum absolute atomic E-state index is 0.249. The molecule has 0 bridgehead atoms. The van der Waals surface area contributed by atoms with Crippen LogP contribution in [0.3, 0.4) is 0 Å². The van der Waals surface area contributed by atoms with E-state index in [0.717, 1.165) is 5.39 Å². The molecule has 3 aromatic rings. The van der Waals surface area contributed by atoms with Crippen molar-refractivity contribution in [2.75, 3.05) is 5.32 Å². The second-order valence-electron chi connectivity index (χ2n) is 4.19. The number of aromatic nitrogens is 3. The van der Waals surface area contributed by atoms with E-state index in [1.807, 2.05) is 24.3 Å². The Hall–Kier alpha value is -2.24. The van der Waals surface area contributed by atoms with Crippen LogP contribution in [0.5, 0.6) is 0 Å². The van der Waals surface area contributed by atoms with Crippen molar-refractivity contribution in [1.82, 2.24) is 15.0 Å². The molecule has 1 aromatic carbocycles. The molecule has 0 fully saturated rings. The highest BCUT2D eigenvalue weighted by Gasteiger charge is 2.13. The number of nitrogens with one attached hydrogen (secondary N) is 1. The molecule has 0 unspecified atom stereocenters. The number of rotatable bonds is 2. The van der Waals surface area contributed by atoms with Gasteiger partial charge in [-0.3, -0.25) is 4.79 Å². The lowest BCUT2D eigenvalue weighted by molar-refractivity contribution is 0.102. The second-order valence-corrected chi connectivity index (χ2v) is 4.93. The SMILES string of the molecule is O=C(Nc1cc(Cl)ncn1)c1cnc(Cl)c2ccccc12. The molecule has 0 aliphatic carbocycles. The van der Waals surface area contributed by atoms with Crippen molar-refractivity contribution in [3.05, 3.63) is 58.7 Å². The molecule has 0 aliphatic heterocycles. The third kappa shape index (κ3) is 2.79. The minimum Gasteiger partial charge on any atom is -0.306 e. The van der Waals surface area contributed by atoms with Gasteiger partial charge in [0.25, 0.3) is 5.91 Å². The fourth-order valence-corrected chi connectivity index (χ4v) is 2.29. The maximum absolute atomic E-state index is 12.4. The first-order chi connectivity index (χ1) is 10.1. The van der Waals surface area contributed by atoms with E-state index in [0.29, 0.717) is 21.9 Å². The number of fused-ring (bicyclic) bond motifs is 1. The van der Waals surface area contributed by atoms with Crippen molar-refractivity contribution in [1.29, 1.82) is 0 Å². The summed E-state index contributed by atoms with van der Waals surface area (Å²) in [4.78, 5) is 24.1. The van der Waals surface area contributed by atoms with Gasteiger partial charge < -0.3 is 5.32 Å². The average molecular weight is 319 g/mol. The molecule has 0 radical (unpaired) electrons. The molecule has 0 aliphatic rings. The zero-order valence-corrected chi connectivity index (χ0v) is 12.1. The highest BCUT2D eigenvalue weighted by Crippen LogP contribution is 2.24. The first-order valence-corrected chi connectivity index (χ1v) is 6.73. The average Bonchev–Trinajstić information content (AvgIpc) is 2.48. The number of halogens is 2. The Morgan fingerprint density at radius 3 is 2.57 bits per heavy atom. The standard InChI is InChI=1S/C14H8Cl2N4O/c15-11-5-12(19-7-18-11)20-14(21)10-6-17-13(16)9-4-2-1-3-8(9)10/h1-7H,(H,18,19,20,21). The lowest BCUT2D eigenvalue weighted by Crippen LogP contribution is -2.14. The first kappa shape index (κ1) is 13.7. The molecule has 0 spiro atoms. The van der Waals surface area contributed by atoms with Crippen molar-refractivity contribution in [3.8, 4) is 0 Å². The fraction of sp³-hybridized carbons (Fsp3) is 0. The number of benzene rings is 1. The summed E-state index contributed by atoms with van der Waals surface area (Å²) in [5.41, 5.74) is 0.407. The van der Waals surface area contributed by atoms with Crippen LogP contribution in [-0.4, -0.2) is 20.9 Å². The summed E-state index contributed by atoms with van der Waals surface area (Å²) in [5, 5.41) is 4.69. The summed E-state index contributed by atoms with van der Waals surface area (Å²) in [7, 11) is 0. The van der Waals surface area contributed by atoms with Crippen molar-refractivity contribution >= 4 is 45.7 Å². The van der Waals surface area contributed by atoms with Gasteiger partial charge in [-0.15, -0.1) is 0 Å². The zero-order valence-electron chi connectivity index (χ0n) is 10.5. The summed E-state index contributed by atoms with van der Waals surface area (Å²) in [6, 6.07) is 8.75. The summed E-state index contributed by atoms with van der Waals surface area (Å²) in [6.07, 6.45) is 2.71. The van der Waals surface area contributed by atoms with Crippen LogP contribution >= 0.6 is 23.2 Å². The van der Waals surface area contributed by atoms with Crippen molar-refractivity contribution in [2.24, 2.45) is 0 Å². The van der Waals surface area contributed by atoms with Gasteiger partial charge in [0.1, 0.15) is 22.5 Å². The van der Waals surface area contributed by atoms with E-state index >= 15 is 0 Å². The number of nitrogens with zero attached hydrogens (tertiary/aromatic N) is 3. The molecule has 0 atom stereocenters. The molecule has 0 saturated heterocycles. The molecule has 1 N–H and O–H groups in total. The van der Waals surface area contributed by atoms with Gasteiger partial charge in [0.2, 0.25) is 0 Å². The van der Waals surface area contributed by atoms with Crippen LogP contribution in [0.2, 0.25) is 10.3 Å². The minimum atomic E-state index is -0.342. The predicted octanol–water partition coefficient (Wildman–Crippen LogP) is 3.58. The molecule has 0 saturated carbocycles. The van der Waals surface area contributed by atoms with Gasteiger partial charge in [0.05, 0.1) is 5.56 Å². The number of anilines is 1. The van der Waals surface area contributed by atoms with E-state index in [9.17, 15) is 4.79 Å². The van der Waals surface area contributed by atoms with E-state index in [1.54, 1.807) is 0 Å². The van der Waals surface area contributed by atoms with Gasteiger partial charge in [-0.1, -0.05) is 47.5 Å². The van der Waals surface area contributed by atoms with Crippen molar-refractivity contribution in [3.63, 3.8) is 0 Å². The first-order valence-electron chi connectivity index (χ1n) is 5.97. The number of pyridine rings is 1. The van der Waals surface area contributed by atoms with E-state index in [-0.39, 0.29) is 11.1 Å². The largest absolute Gasteiger partial charge is 0.306 e. The van der Waals surface area contributed by atoms with Crippen LogP contribution in [-0.2, 0) is 0 Å². The number of carbonyl (C=O) groups excluding carboxylic acids is 1. The van der Waals surface area contributed by atoms with Gasteiger partial charge in [-0.05, 0) is 5.39 Å². The van der Waals surface area contributed by atoms with E-state index in [2.05, 4.69) is 20.3 Å². The third-order valence-corrected chi connectivity index (χ3v) is 3.37. The summed E-state index contributed by atoms with van der Waals surface area (Å²) < 4.78 is 0. The van der Waals surface area contributed by atoms with Crippen LogP contribution < -0.4 is 5.32 Å². The molecular weight excluding hydrogens is 311 g/mol. The molecule has 5 nitrogen and oxygen atoms in total. The van der Waals surface area contributed by atoms with Crippen LogP contribution in [0.4, 0.5) is 5.82 Å². The Balaban J connectivity index is 2.01. The second kappa shape index (κ2) is 5.63. The van der Waals surface area contributed by atoms with E-state index in [4.69, 9.17) is 23.2 Å². The monoisotopic (exact) mass is 318 g/mol. The molecule has 2 aromatic heterocycles. The van der Waals surface area contributed by atoms with Gasteiger partial charge in [-0.25, -0.2) is 15.0 Å². The molecule has 2 heterocycles. The molecule has 3 rings (SSSR count). The molecule has 21 heavy (non-hydrogen) atoms. The summed E-state index contributed by atoms with van der Waals surface area (Å²) in [6.45, 7) is 0. The third-order valence-electron chi connectivity index (χ3n) is 2.87. The quantitative estimate of drug-likeness (QED) is 0.579. The van der Waals surface area contributed by atoms with Crippen LogP contribution in [0.25, 0.3) is 10.8 Å². The predicted molar refractivity (Wildman–Crippen MR) is 81.7 cm³/mol. The topological polar surface area (TPSA) is 67.8 Å². The number of amides is 1. The normalized spacial score (nSPS) is 10.6. The van der Waals surface area contributed by atoms with Crippen molar-refractivity contribution < 1.29 is 4.79 Å². The van der Waals surface area contributed by atoms with Gasteiger partial charge in [0, 0.05) is 17.6 Å². The maximum Gasteiger partial charge on any atom is 0.259 e. The molecular formula is C14H8Cl2N4O. The maximum atomic E-state index is 12.4. The Morgan fingerprint density at radius 1 is 1.05 bits per heavy atom. The highest BCUT2D eigenvalue weighted by molar-refractivity contribution is 6.35. The number of hydrogen-bond acceptors (Lipinski definition) is 4. The van der Waals surface area contributed by atoms with Gasteiger partial charge >= 0.3 is 0 Å². The van der Waals surface area contributed by atoms with E-state index in [1.165, 1.54) is 18.6 Å². The Labute approximate surface area is 130 Å². The Morgan fingerprint density at radius 2 is 1.81 bits per heavy atom. The summed E-state index contributed by atoms with van der Waals surface area (Å²) >= 11 is 11.8. The van der Waals surface area contributed by atoms with Gasteiger partial charge in [0.15, 0.2) is 0 Å². The van der Waals surface area contributed by atoms with Crippen molar-refractivity contribution in [2.45, 2.75) is 0 Å². The van der Waals surface area contributed by atoms with Crippen LogP contribution in [0, 0.1) is 0 Å². The molecule has 104 valence electrons. The summed E-state index contributed by atoms with van der Waals surface area (Å²) in [5.74, 6) is -0.0239. The van der Waals surface area contributed by atoms with Crippen LogP contribution in [0.15, 0.2) is 42.9 Å². The van der Waals surface area contributed by atoms with Crippen LogP contribution in [0.1, 0.15) is 10.4 Å². The fourth-order valence-electron chi connectivity index (χ4n) is 1.92. The highest BCUT2D eigenvalue weighted by atomic mass is 35.5. The Kier molecular flexibility index (Phi) is 3.68. The number of hydrogen-bond donors (Lipinski definition) is 1. The van der Waals surface area contributed by atoms with E-state index < -0.39 is 0 Å². The smallest absolute Gasteiger partial charge is 0.259 e. The Bertz CT molecular complexity index is 838. The van der Waals surface area contributed by atoms with Gasteiger partial charge in [-0.2, -0.15) is 0 Å².